The Hall–Kier alpha value is -0.690. The maximum atomic E-state index is 12.4. The van der Waals surface area contributed by atoms with Crippen molar-refractivity contribution in [3.63, 3.8) is 0 Å². The van der Waals surface area contributed by atoms with Crippen molar-refractivity contribution in [3.8, 4) is 0 Å². The van der Waals surface area contributed by atoms with Crippen LogP contribution in [0, 0.1) is 0 Å². The number of sulfonamides is 1. The van der Waals surface area contributed by atoms with Crippen molar-refractivity contribution in [3.05, 3.63) is 29.2 Å². The summed E-state index contributed by atoms with van der Waals surface area (Å²) in [4.78, 5) is 0. The summed E-state index contributed by atoms with van der Waals surface area (Å²) < 4.78 is 26.9. The first-order valence-corrected chi connectivity index (χ1v) is 8.94. The van der Waals surface area contributed by atoms with Crippen molar-refractivity contribution < 1.29 is 8.42 Å². The van der Waals surface area contributed by atoms with Gasteiger partial charge in [0.25, 0.3) is 10.0 Å². The van der Waals surface area contributed by atoms with E-state index in [2.05, 4.69) is 5.32 Å². The monoisotopic (exact) mass is 298 g/mol. The van der Waals surface area contributed by atoms with Gasteiger partial charge in [0.05, 0.1) is 0 Å². The first-order valence-electron chi connectivity index (χ1n) is 6.62. The highest BCUT2D eigenvalue weighted by atomic mass is 32.2. The Kier molecular flexibility index (Phi) is 3.75. The lowest BCUT2D eigenvalue weighted by molar-refractivity contribution is 0.439. The van der Waals surface area contributed by atoms with E-state index in [1.807, 2.05) is 23.6 Å². The first kappa shape index (κ1) is 13.3. The van der Waals surface area contributed by atoms with Gasteiger partial charge in [-0.05, 0) is 36.3 Å². The van der Waals surface area contributed by atoms with Crippen molar-refractivity contribution in [2.75, 3.05) is 13.1 Å². The van der Waals surface area contributed by atoms with Crippen LogP contribution in [0.15, 0.2) is 27.8 Å². The lowest BCUT2D eigenvalue weighted by Gasteiger charge is -2.21. The average molecular weight is 298 g/mol. The molecular weight excluding hydrogens is 280 g/mol. The zero-order valence-electron chi connectivity index (χ0n) is 10.7. The minimum absolute atomic E-state index is 0.468. The third-order valence-corrected chi connectivity index (χ3v) is 6.75. The maximum absolute atomic E-state index is 12.4. The summed E-state index contributed by atoms with van der Waals surface area (Å²) >= 11 is 1.33. The molecule has 2 heterocycles. The fraction of sp³-hybridized carbons (Fsp3) is 0.538. The Balaban J connectivity index is 1.71. The van der Waals surface area contributed by atoms with E-state index < -0.39 is 10.0 Å². The molecule has 1 aromatic rings. The van der Waals surface area contributed by atoms with Crippen LogP contribution in [0.5, 0.6) is 0 Å². The molecule has 6 heteroatoms. The molecule has 0 saturated heterocycles. The van der Waals surface area contributed by atoms with Crippen molar-refractivity contribution in [1.82, 2.24) is 9.62 Å². The summed E-state index contributed by atoms with van der Waals surface area (Å²) in [5.74, 6) is 0. The molecule has 1 aromatic heterocycles. The van der Waals surface area contributed by atoms with Gasteiger partial charge in [-0.1, -0.05) is 12.2 Å². The third-order valence-electron chi connectivity index (χ3n) is 3.42. The standard InChI is InChI=1S/C13H18N2O2S2/c16-19(17,15-6-2-1-3-7-15)13-8-11(10-18-13)9-14-12-4-5-12/h1-2,8,10,12,14H,3-7,9H2. The highest BCUT2D eigenvalue weighted by molar-refractivity contribution is 7.91. The molecule has 4 nitrogen and oxygen atoms in total. The Morgan fingerprint density at radius 2 is 2.21 bits per heavy atom. The van der Waals surface area contributed by atoms with Gasteiger partial charge in [-0.15, -0.1) is 11.3 Å². The van der Waals surface area contributed by atoms with E-state index in [1.54, 1.807) is 4.31 Å². The molecule has 0 radical (unpaired) electrons. The van der Waals surface area contributed by atoms with Crippen molar-refractivity contribution >= 4 is 21.4 Å². The highest BCUT2D eigenvalue weighted by Crippen LogP contribution is 2.26. The average Bonchev–Trinajstić information content (AvgIpc) is 3.13. The molecule has 1 N–H and O–H groups in total. The van der Waals surface area contributed by atoms with Gasteiger partial charge < -0.3 is 5.32 Å². The Morgan fingerprint density at radius 3 is 2.89 bits per heavy atom. The van der Waals surface area contributed by atoms with Crippen LogP contribution >= 0.6 is 11.3 Å². The third kappa shape index (κ3) is 3.08. The molecule has 2 aliphatic rings. The first-order chi connectivity index (χ1) is 9.16. The van der Waals surface area contributed by atoms with Crippen LogP contribution < -0.4 is 5.32 Å². The van der Waals surface area contributed by atoms with Gasteiger partial charge in [0.2, 0.25) is 0 Å². The summed E-state index contributed by atoms with van der Waals surface area (Å²) in [5, 5.41) is 5.35. The summed E-state index contributed by atoms with van der Waals surface area (Å²) in [5.41, 5.74) is 1.07. The van der Waals surface area contributed by atoms with Crippen LogP contribution in [-0.4, -0.2) is 31.9 Å². The van der Waals surface area contributed by atoms with Crippen LogP contribution in [0.1, 0.15) is 24.8 Å². The Bertz CT molecular complexity index is 573. The van der Waals surface area contributed by atoms with E-state index in [9.17, 15) is 8.42 Å². The molecule has 0 atom stereocenters. The summed E-state index contributed by atoms with van der Waals surface area (Å²) in [6.07, 6.45) is 7.25. The van der Waals surface area contributed by atoms with E-state index in [1.165, 1.54) is 24.2 Å². The molecule has 1 aliphatic heterocycles. The van der Waals surface area contributed by atoms with E-state index in [0.717, 1.165) is 18.5 Å². The second-order valence-corrected chi connectivity index (χ2v) is 8.13. The van der Waals surface area contributed by atoms with Crippen LogP contribution in [0.4, 0.5) is 0 Å². The Morgan fingerprint density at radius 1 is 1.37 bits per heavy atom. The molecule has 0 unspecified atom stereocenters. The summed E-state index contributed by atoms with van der Waals surface area (Å²) in [7, 11) is -3.29. The molecule has 0 aromatic carbocycles. The van der Waals surface area contributed by atoms with E-state index in [0.29, 0.717) is 23.3 Å². The zero-order chi connectivity index (χ0) is 13.3. The molecule has 3 rings (SSSR count). The molecule has 19 heavy (non-hydrogen) atoms. The fourth-order valence-electron chi connectivity index (χ4n) is 2.10. The topological polar surface area (TPSA) is 49.4 Å². The molecule has 0 amide bonds. The number of thiophene rings is 1. The van der Waals surface area contributed by atoms with Gasteiger partial charge in [-0.2, -0.15) is 4.31 Å². The molecular formula is C13H18N2O2S2. The van der Waals surface area contributed by atoms with Gasteiger partial charge in [0, 0.05) is 25.7 Å². The lowest BCUT2D eigenvalue weighted by Crippen LogP contribution is -2.33. The van der Waals surface area contributed by atoms with Crippen LogP contribution in [0.25, 0.3) is 0 Å². The summed E-state index contributed by atoms with van der Waals surface area (Å²) in [6, 6.07) is 2.46. The van der Waals surface area contributed by atoms with Crippen LogP contribution in [-0.2, 0) is 16.6 Å². The van der Waals surface area contributed by atoms with Gasteiger partial charge in [-0.3, -0.25) is 0 Å². The smallest absolute Gasteiger partial charge is 0.252 e. The molecule has 104 valence electrons. The number of nitrogens with one attached hydrogen (secondary N) is 1. The van der Waals surface area contributed by atoms with Crippen molar-refractivity contribution in [2.24, 2.45) is 0 Å². The van der Waals surface area contributed by atoms with E-state index >= 15 is 0 Å². The lowest BCUT2D eigenvalue weighted by atomic mass is 10.3. The zero-order valence-corrected chi connectivity index (χ0v) is 12.3. The van der Waals surface area contributed by atoms with Crippen molar-refractivity contribution in [1.29, 1.82) is 0 Å². The van der Waals surface area contributed by atoms with E-state index in [4.69, 9.17) is 0 Å². The molecule has 1 fully saturated rings. The number of hydrogen-bond donors (Lipinski definition) is 1. The van der Waals surface area contributed by atoms with E-state index in [-0.39, 0.29) is 0 Å². The highest BCUT2D eigenvalue weighted by Gasteiger charge is 2.26. The molecule has 0 spiro atoms. The molecule has 1 saturated carbocycles. The predicted molar refractivity (Wildman–Crippen MR) is 76.7 cm³/mol. The quantitative estimate of drug-likeness (QED) is 0.845. The fourth-order valence-corrected chi connectivity index (χ4v) is 4.86. The van der Waals surface area contributed by atoms with Gasteiger partial charge >= 0.3 is 0 Å². The predicted octanol–water partition coefficient (Wildman–Crippen LogP) is 1.95. The Labute approximate surface area is 118 Å². The second-order valence-electron chi connectivity index (χ2n) is 5.05. The van der Waals surface area contributed by atoms with Crippen LogP contribution in [0.2, 0.25) is 0 Å². The minimum Gasteiger partial charge on any atom is -0.310 e. The normalized spacial score (nSPS) is 20.8. The maximum Gasteiger partial charge on any atom is 0.252 e. The number of hydrogen-bond acceptors (Lipinski definition) is 4. The minimum atomic E-state index is -3.29. The SMILES string of the molecule is O=S(=O)(c1cc(CNC2CC2)cs1)N1CC=CCC1. The van der Waals surface area contributed by atoms with Gasteiger partial charge in [-0.25, -0.2) is 8.42 Å². The number of rotatable bonds is 5. The second kappa shape index (κ2) is 5.36. The van der Waals surface area contributed by atoms with Gasteiger partial charge in [0.1, 0.15) is 4.21 Å². The molecule has 1 aliphatic carbocycles. The summed E-state index contributed by atoms with van der Waals surface area (Å²) in [6.45, 7) is 1.86. The van der Waals surface area contributed by atoms with Crippen LogP contribution in [0.3, 0.4) is 0 Å². The number of nitrogens with zero attached hydrogens (tertiary/aromatic N) is 1. The van der Waals surface area contributed by atoms with Gasteiger partial charge in [0.15, 0.2) is 0 Å². The molecule has 0 bridgehead atoms. The largest absolute Gasteiger partial charge is 0.310 e. The van der Waals surface area contributed by atoms with Crippen molar-refractivity contribution in [2.45, 2.75) is 36.1 Å².